The second-order valence-corrected chi connectivity index (χ2v) is 4.27. The number of carbonyl (C=O) groups excluding carboxylic acids is 1. The van der Waals surface area contributed by atoms with Crippen LogP contribution in [0.1, 0.15) is 29.8 Å². The number of carboxylic acid groups (broad SMARTS) is 1. The molecule has 1 heterocycles. The molecule has 0 fully saturated rings. The first-order valence-electron chi connectivity index (χ1n) is 4.53. The summed E-state index contributed by atoms with van der Waals surface area (Å²) in [4.78, 5) is 22.5. The van der Waals surface area contributed by atoms with E-state index in [4.69, 9.17) is 5.11 Å². The average molecular weight is 227 g/mol. The maximum atomic E-state index is 10.9. The molecule has 4 nitrogen and oxygen atoms in total. The third-order valence-corrected chi connectivity index (χ3v) is 3.11. The van der Waals surface area contributed by atoms with Crippen LogP contribution in [0.15, 0.2) is 11.4 Å². The third kappa shape index (κ3) is 3.36. The van der Waals surface area contributed by atoms with Gasteiger partial charge in [0.15, 0.2) is 0 Å². The van der Waals surface area contributed by atoms with E-state index in [-0.39, 0.29) is 12.3 Å². The van der Waals surface area contributed by atoms with Crippen LogP contribution in [0.25, 0.3) is 0 Å². The zero-order chi connectivity index (χ0) is 11.4. The number of rotatable bonds is 4. The lowest BCUT2D eigenvalue weighted by Crippen LogP contribution is -2.27. The van der Waals surface area contributed by atoms with Gasteiger partial charge in [-0.15, -0.1) is 11.3 Å². The first kappa shape index (κ1) is 11.7. The van der Waals surface area contributed by atoms with Gasteiger partial charge in [-0.2, -0.15) is 0 Å². The molecule has 1 rings (SSSR count). The molecule has 1 atom stereocenters. The molecule has 0 aliphatic rings. The lowest BCUT2D eigenvalue weighted by atomic mass is 10.1. The molecule has 5 heteroatoms. The number of thiophene rings is 1. The first-order chi connectivity index (χ1) is 7.00. The van der Waals surface area contributed by atoms with Gasteiger partial charge in [-0.25, -0.2) is 0 Å². The molecule has 0 saturated carbocycles. The van der Waals surface area contributed by atoms with Crippen LogP contribution in [0, 0.1) is 6.92 Å². The van der Waals surface area contributed by atoms with Crippen LogP contribution in [0.4, 0.5) is 0 Å². The van der Waals surface area contributed by atoms with E-state index in [0.29, 0.717) is 0 Å². The van der Waals surface area contributed by atoms with Gasteiger partial charge in [0.05, 0.1) is 12.5 Å². The topological polar surface area (TPSA) is 66.4 Å². The molecule has 0 bridgehead atoms. The van der Waals surface area contributed by atoms with Crippen molar-refractivity contribution < 1.29 is 14.7 Å². The minimum atomic E-state index is -0.915. The van der Waals surface area contributed by atoms with Gasteiger partial charge in [0, 0.05) is 11.8 Å². The highest BCUT2D eigenvalue weighted by atomic mass is 32.1. The van der Waals surface area contributed by atoms with Gasteiger partial charge in [0.2, 0.25) is 5.91 Å². The summed E-state index contributed by atoms with van der Waals surface area (Å²) in [6.45, 7) is 3.29. The van der Waals surface area contributed by atoms with Gasteiger partial charge in [0.25, 0.3) is 0 Å². The monoisotopic (exact) mass is 227 g/mol. The molecule has 1 aromatic rings. The molecule has 0 aliphatic heterocycles. The van der Waals surface area contributed by atoms with Crippen molar-refractivity contribution in [3.63, 3.8) is 0 Å². The van der Waals surface area contributed by atoms with Crippen molar-refractivity contribution in [2.24, 2.45) is 0 Å². The molecule has 1 amide bonds. The van der Waals surface area contributed by atoms with E-state index in [2.05, 4.69) is 5.32 Å². The summed E-state index contributed by atoms with van der Waals surface area (Å²) in [6, 6.07) is 1.50. The van der Waals surface area contributed by atoms with E-state index in [1.54, 1.807) is 0 Å². The van der Waals surface area contributed by atoms with E-state index in [0.717, 1.165) is 10.4 Å². The van der Waals surface area contributed by atoms with Crippen LogP contribution < -0.4 is 5.32 Å². The Bertz CT molecular complexity index is 356. The van der Waals surface area contributed by atoms with E-state index >= 15 is 0 Å². The number of hydrogen-bond donors (Lipinski definition) is 2. The van der Waals surface area contributed by atoms with Gasteiger partial charge in [-0.3, -0.25) is 9.59 Å². The van der Waals surface area contributed by atoms with E-state index in [1.807, 2.05) is 18.4 Å². The maximum Gasteiger partial charge on any atom is 0.305 e. The fourth-order valence-electron chi connectivity index (χ4n) is 1.37. The van der Waals surface area contributed by atoms with Crippen LogP contribution in [0.5, 0.6) is 0 Å². The van der Waals surface area contributed by atoms with Crippen molar-refractivity contribution in [3.05, 3.63) is 21.9 Å². The summed E-state index contributed by atoms with van der Waals surface area (Å²) < 4.78 is 0. The van der Waals surface area contributed by atoms with E-state index in [1.165, 1.54) is 18.3 Å². The third-order valence-electron chi connectivity index (χ3n) is 1.97. The predicted molar refractivity (Wildman–Crippen MR) is 57.9 cm³/mol. The quantitative estimate of drug-likeness (QED) is 0.822. The molecule has 82 valence electrons. The average Bonchev–Trinajstić information content (AvgIpc) is 2.48. The molecule has 15 heavy (non-hydrogen) atoms. The second kappa shape index (κ2) is 4.93. The summed E-state index contributed by atoms with van der Waals surface area (Å²) in [5.74, 6) is -1.13. The van der Waals surface area contributed by atoms with Crippen molar-refractivity contribution in [1.82, 2.24) is 5.32 Å². The number of amides is 1. The van der Waals surface area contributed by atoms with Crippen molar-refractivity contribution in [3.8, 4) is 0 Å². The molecular formula is C10H13NO3S. The van der Waals surface area contributed by atoms with Crippen LogP contribution in [0.2, 0.25) is 0 Å². The Morgan fingerprint density at radius 1 is 1.60 bits per heavy atom. The van der Waals surface area contributed by atoms with Crippen LogP contribution in [-0.4, -0.2) is 17.0 Å². The Hall–Kier alpha value is -1.36. The minimum Gasteiger partial charge on any atom is -0.481 e. The van der Waals surface area contributed by atoms with E-state index in [9.17, 15) is 9.59 Å². The maximum absolute atomic E-state index is 10.9. The predicted octanol–water partition coefficient (Wildman–Crippen LogP) is 1.71. The Labute approximate surface area is 91.9 Å². The van der Waals surface area contributed by atoms with Crippen LogP contribution >= 0.6 is 11.3 Å². The van der Waals surface area contributed by atoms with Gasteiger partial charge in [-0.1, -0.05) is 0 Å². The molecule has 0 radical (unpaired) electrons. The Balaban J connectivity index is 2.85. The second-order valence-electron chi connectivity index (χ2n) is 3.32. The molecule has 0 spiro atoms. The molecule has 2 N–H and O–H groups in total. The number of carboxylic acids is 1. The molecule has 0 aromatic carbocycles. The Morgan fingerprint density at radius 2 is 2.27 bits per heavy atom. The van der Waals surface area contributed by atoms with Gasteiger partial charge in [-0.05, 0) is 23.9 Å². The lowest BCUT2D eigenvalue weighted by Gasteiger charge is -2.15. The highest BCUT2D eigenvalue weighted by Gasteiger charge is 2.19. The van der Waals surface area contributed by atoms with Crippen molar-refractivity contribution in [2.45, 2.75) is 26.3 Å². The SMILES string of the molecule is CC(=O)N[C@H](CC(=O)O)c1sccc1C. The number of aliphatic carboxylic acids is 1. The van der Waals surface area contributed by atoms with Crippen molar-refractivity contribution in [2.75, 3.05) is 0 Å². The van der Waals surface area contributed by atoms with Gasteiger partial charge >= 0.3 is 5.97 Å². The summed E-state index contributed by atoms with van der Waals surface area (Å²) >= 11 is 1.46. The van der Waals surface area contributed by atoms with Crippen molar-refractivity contribution >= 4 is 23.2 Å². The number of carbonyl (C=O) groups is 2. The number of aryl methyl sites for hydroxylation is 1. The largest absolute Gasteiger partial charge is 0.481 e. The smallest absolute Gasteiger partial charge is 0.305 e. The summed E-state index contributed by atoms with van der Waals surface area (Å²) in [7, 11) is 0. The van der Waals surface area contributed by atoms with Crippen molar-refractivity contribution in [1.29, 1.82) is 0 Å². The zero-order valence-electron chi connectivity index (χ0n) is 8.61. The molecular weight excluding hydrogens is 214 g/mol. The van der Waals surface area contributed by atoms with E-state index < -0.39 is 12.0 Å². The van der Waals surface area contributed by atoms with Crippen LogP contribution in [0.3, 0.4) is 0 Å². The summed E-state index contributed by atoms with van der Waals surface area (Å²) in [5.41, 5.74) is 1.01. The minimum absolute atomic E-state index is 0.0824. The van der Waals surface area contributed by atoms with Gasteiger partial charge in [0.1, 0.15) is 0 Å². The standard InChI is InChI=1S/C10H13NO3S/c1-6-3-4-15-10(6)8(5-9(13)14)11-7(2)12/h3-4,8H,5H2,1-2H3,(H,11,12)(H,13,14)/t8-/m1/s1. The molecule has 1 aromatic heterocycles. The fraction of sp³-hybridized carbons (Fsp3) is 0.400. The number of hydrogen-bond acceptors (Lipinski definition) is 3. The highest BCUT2D eigenvalue weighted by Crippen LogP contribution is 2.26. The molecule has 0 saturated heterocycles. The van der Waals surface area contributed by atoms with Gasteiger partial charge < -0.3 is 10.4 Å². The lowest BCUT2D eigenvalue weighted by molar-refractivity contribution is -0.137. The first-order valence-corrected chi connectivity index (χ1v) is 5.41. The summed E-state index contributed by atoms with van der Waals surface area (Å²) in [6.07, 6.45) is -0.0824. The summed E-state index contributed by atoms with van der Waals surface area (Å²) in [5, 5.41) is 13.3. The number of nitrogens with one attached hydrogen (secondary N) is 1. The normalized spacial score (nSPS) is 12.1. The highest BCUT2D eigenvalue weighted by molar-refractivity contribution is 7.10. The fourth-order valence-corrected chi connectivity index (χ4v) is 2.35. The Kier molecular flexibility index (Phi) is 3.85. The molecule has 0 aliphatic carbocycles. The Morgan fingerprint density at radius 3 is 2.67 bits per heavy atom. The van der Waals surface area contributed by atoms with Crippen LogP contribution in [-0.2, 0) is 9.59 Å². The molecule has 0 unspecified atom stereocenters. The zero-order valence-corrected chi connectivity index (χ0v) is 9.43.